The summed E-state index contributed by atoms with van der Waals surface area (Å²) in [6, 6.07) is 11.5. The predicted molar refractivity (Wildman–Crippen MR) is 139 cm³/mol. The Bertz CT molecular complexity index is 1420. The molecule has 10 heteroatoms. The highest BCUT2D eigenvalue weighted by Gasteiger charge is 2.50. The van der Waals surface area contributed by atoms with Crippen LogP contribution in [0.2, 0.25) is 0 Å². The van der Waals surface area contributed by atoms with Gasteiger partial charge in [-0.15, -0.1) is 0 Å². The van der Waals surface area contributed by atoms with Crippen molar-refractivity contribution in [2.75, 3.05) is 28.1 Å². The summed E-state index contributed by atoms with van der Waals surface area (Å²) in [5.41, 5.74) is -0.664. The number of hydrogen-bond donors (Lipinski definition) is 3. The third-order valence-corrected chi connectivity index (χ3v) is 7.54. The summed E-state index contributed by atoms with van der Waals surface area (Å²) in [5, 5.41) is 35.2. The van der Waals surface area contributed by atoms with Crippen molar-refractivity contribution in [1.82, 2.24) is 0 Å². The number of carbonyl (C=O) groups excluding carboxylic acids is 1. The van der Waals surface area contributed by atoms with Gasteiger partial charge in [-0.2, -0.15) is 0 Å². The standard InChI is InChI=1S/C29H30O10/c1-14-22(30)16-11-18(34-3)24(35-4)23(31)20(16)21-17(12-19-25(26(21)36-5)38-13-37-19)27(29(14,2)33)39-28(32)15-9-7-6-8-10-15/h6-12,14,22,27,30-31,33H,13H2,1-5H3. The topological polar surface area (TPSA) is 133 Å². The Morgan fingerprint density at radius 1 is 0.974 bits per heavy atom. The van der Waals surface area contributed by atoms with E-state index in [1.54, 1.807) is 43.3 Å². The highest BCUT2D eigenvalue weighted by atomic mass is 16.7. The second-order valence-electron chi connectivity index (χ2n) is 9.64. The summed E-state index contributed by atoms with van der Waals surface area (Å²) in [5.74, 6) is -1.03. The molecule has 1 heterocycles. The monoisotopic (exact) mass is 538 g/mol. The Morgan fingerprint density at radius 2 is 1.67 bits per heavy atom. The molecule has 39 heavy (non-hydrogen) atoms. The van der Waals surface area contributed by atoms with Crippen molar-refractivity contribution in [3.8, 4) is 45.6 Å². The zero-order valence-electron chi connectivity index (χ0n) is 22.2. The summed E-state index contributed by atoms with van der Waals surface area (Å²) in [4.78, 5) is 13.3. The average Bonchev–Trinajstić information content (AvgIpc) is 3.42. The van der Waals surface area contributed by atoms with Gasteiger partial charge in [0.25, 0.3) is 0 Å². The molecule has 1 aliphatic heterocycles. The lowest BCUT2D eigenvalue weighted by Crippen LogP contribution is -2.45. The van der Waals surface area contributed by atoms with Gasteiger partial charge in [-0.1, -0.05) is 25.1 Å². The summed E-state index contributed by atoms with van der Waals surface area (Å²) in [6.45, 7) is 3.01. The van der Waals surface area contributed by atoms with Crippen LogP contribution in [0.15, 0.2) is 42.5 Å². The average molecular weight is 539 g/mol. The molecule has 3 aromatic rings. The van der Waals surface area contributed by atoms with Crippen LogP contribution in [0.4, 0.5) is 0 Å². The summed E-state index contributed by atoms with van der Waals surface area (Å²) >= 11 is 0. The lowest BCUT2D eigenvalue weighted by atomic mass is 9.71. The molecule has 10 nitrogen and oxygen atoms in total. The molecule has 206 valence electrons. The molecule has 0 radical (unpaired) electrons. The van der Waals surface area contributed by atoms with Crippen molar-refractivity contribution >= 4 is 5.97 Å². The van der Waals surface area contributed by atoms with Crippen LogP contribution in [0, 0.1) is 5.92 Å². The maximum atomic E-state index is 13.3. The van der Waals surface area contributed by atoms with E-state index < -0.39 is 29.7 Å². The first-order valence-electron chi connectivity index (χ1n) is 12.3. The molecule has 4 unspecified atom stereocenters. The highest BCUT2D eigenvalue weighted by molar-refractivity contribution is 5.91. The van der Waals surface area contributed by atoms with Crippen LogP contribution in [0.5, 0.6) is 34.5 Å². The van der Waals surface area contributed by atoms with Gasteiger partial charge in [0.15, 0.2) is 29.1 Å². The fourth-order valence-electron chi connectivity index (χ4n) is 5.26. The minimum atomic E-state index is -1.82. The normalized spacial score (nSPS) is 23.1. The molecule has 2 aliphatic rings. The molecule has 1 aliphatic carbocycles. The van der Waals surface area contributed by atoms with Crippen molar-refractivity contribution < 1.29 is 48.5 Å². The largest absolute Gasteiger partial charge is 0.504 e. The van der Waals surface area contributed by atoms with Gasteiger partial charge in [0.1, 0.15) is 5.60 Å². The van der Waals surface area contributed by atoms with Gasteiger partial charge in [0, 0.05) is 22.6 Å². The Morgan fingerprint density at radius 3 is 2.31 bits per heavy atom. The third-order valence-electron chi connectivity index (χ3n) is 7.54. The van der Waals surface area contributed by atoms with Gasteiger partial charge in [-0.3, -0.25) is 0 Å². The van der Waals surface area contributed by atoms with E-state index in [0.29, 0.717) is 5.75 Å². The Labute approximate surface area is 225 Å². The minimum Gasteiger partial charge on any atom is -0.504 e. The molecular formula is C29H30O10. The predicted octanol–water partition coefficient (Wildman–Crippen LogP) is 4.15. The molecule has 0 fully saturated rings. The first-order chi connectivity index (χ1) is 18.6. The summed E-state index contributed by atoms with van der Waals surface area (Å²) in [6.07, 6.45) is -2.68. The highest BCUT2D eigenvalue weighted by Crippen LogP contribution is 2.60. The molecule has 0 spiro atoms. The van der Waals surface area contributed by atoms with E-state index in [9.17, 15) is 20.1 Å². The molecular weight excluding hydrogens is 508 g/mol. The number of phenolic OH excluding ortho intramolecular Hbond substituents is 1. The van der Waals surface area contributed by atoms with E-state index >= 15 is 0 Å². The molecule has 3 aromatic carbocycles. The molecule has 4 atom stereocenters. The van der Waals surface area contributed by atoms with Gasteiger partial charge < -0.3 is 43.7 Å². The van der Waals surface area contributed by atoms with Crippen molar-refractivity contribution in [3.05, 3.63) is 59.2 Å². The number of fused-ring (bicyclic) bond motifs is 4. The van der Waals surface area contributed by atoms with Gasteiger partial charge in [0.05, 0.1) is 33.0 Å². The van der Waals surface area contributed by atoms with E-state index in [0.717, 1.165) is 0 Å². The minimum absolute atomic E-state index is 0.0203. The van der Waals surface area contributed by atoms with Crippen LogP contribution >= 0.6 is 0 Å². The van der Waals surface area contributed by atoms with Crippen LogP contribution in [-0.4, -0.2) is 55.0 Å². The van der Waals surface area contributed by atoms with Gasteiger partial charge >= 0.3 is 5.97 Å². The Kier molecular flexibility index (Phi) is 6.69. The van der Waals surface area contributed by atoms with Crippen molar-refractivity contribution in [2.45, 2.75) is 31.7 Å². The first kappa shape index (κ1) is 26.5. The van der Waals surface area contributed by atoms with E-state index in [-0.39, 0.29) is 63.4 Å². The van der Waals surface area contributed by atoms with E-state index in [1.165, 1.54) is 34.3 Å². The van der Waals surface area contributed by atoms with Crippen LogP contribution in [-0.2, 0) is 4.74 Å². The number of ether oxygens (including phenoxy) is 6. The lowest BCUT2D eigenvalue weighted by Gasteiger charge is -2.42. The number of carbonyl (C=O) groups is 1. The fraction of sp³-hybridized carbons (Fsp3) is 0.345. The smallest absolute Gasteiger partial charge is 0.338 e. The van der Waals surface area contributed by atoms with E-state index in [2.05, 4.69) is 0 Å². The summed E-state index contributed by atoms with van der Waals surface area (Å²) in [7, 11) is 4.19. The third kappa shape index (κ3) is 4.07. The lowest BCUT2D eigenvalue weighted by molar-refractivity contribution is -0.133. The second kappa shape index (κ2) is 9.87. The number of aliphatic hydroxyl groups excluding tert-OH is 1. The SMILES string of the molecule is COc1cc2c(c(O)c1OC)-c1c(cc3c(c1OC)OCO3)C(OC(=O)c1ccccc1)C(C)(O)C(C)C2O. The molecule has 3 N–H and O–H groups in total. The van der Waals surface area contributed by atoms with Gasteiger partial charge in [-0.05, 0) is 36.8 Å². The van der Waals surface area contributed by atoms with Crippen molar-refractivity contribution in [2.24, 2.45) is 5.92 Å². The zero-order chi connectivity index (χ0) is 28.1. The Balaban J connectivity index is 1.87. The maximum absolute atomic E-state index is 13.3. The molecule has 0 bridgehead atoms. The summed E-state index contributed by atoms with van der Waals surface area (Å²) < 4.78 is 34.0. The number of benzene rings is 3. The molecule has 0 aromatic heterocycles. The number of hydrogen-bond acceptors (Lipinski definition) is 10. The molecule has 0 saturated heterocycles. The molecule has 0 saturated carbocycles. The van der Waals surface area contributed by atoms with Crippen molar-refractivity contribution in [1.29, 1.82) is 0 Å². The maximum Gasteiger partial charge on any atom is 0.338 e. The van der Waals surface area contributed by atoms with Gasteiger partial charge in [-0.25, -0.2) is 4.79 Å². The quantitative estimate of drug-likeness (QED) is 0.407. The number of aromatic hydroxyl groups is 1. The fourth-order valence-corrected chi connectivity index (χ4v) is 5.26. The number of aliphatic hydroxyl groups is 2. The van der Waals surface area contributed by atoms with Crippen LogP contribution in [0.3, 0.4) is 0 Å². The van der Waals surface area contributed by atoms with Crippen LogP contribution in [0.25, 0.3) is 11.1 Å². The number of esters is 1. The Hall–Kier alpha value is -4.15. The van der Waals surface area contributed by atoms with E-state index in [4.69, 9.17) is 28.4 Å². The van der Waals surface area contributed by atoms with E-state index in [1.807, 2.05) is 0 Å². The molecule has 5 rings (SSSR count). The van der Waals surface area contributed by atoms with Gasteiger partial charge in [0.2, 0.25) is 18.3 Å². The number of phenols is 1. The zero-order valence-corrected chi connectivity index (χ0v) is 22.2. The number of methoxy groups -OCH3 is 3. The number of rotatable bonds is 5. The first-order valence-corrected chi connectivity index (χ1v) is 12.3. The van der Waals surface area contributed by atoms with Crippen LogP contribution in [0.1, 0.15) is 47.5 Å². The second-order valence-corrected chi connectivity index (χ2v) is 9.64. The van der Waals surface area contributed by atoms with Crippen molar-refractivity contribution in [3.63, 3.8) is 0 Å². The molecule has 0 amide bonds. The van der Waals surface area contributed by atoms with Crippen LogP contribution < -0.4 is 23.7 Å².